The molecule has 0 spiro atoms. The second-order valence-electron chi connectivity index (χ2n) is 3.77. The van der Waals surface area contributed by atoms with E-state index in [-0.39, 0.29) is 16.5 Å². The summed E-state index contributed by atoms with van der Waals surface area (Å²) in [5.41, 5.74) is 0. The Morgan fingerprint density at radius 3 is 2.56 bits per heavy atom. The highest BCUT2D eigenvalue weighted by Gasteiger charge is 2.17. The van der Waals surface area contributed by atoms with Gasteiger partial charge in [0.15, 0.2) is 0 Å². The largest absolute Gasteiger partial charge is 0.465 e. The Bertz CT molecular complexity index is 649. The molecule has 0 saturated carbocycles. The standard InChI is InChI=1S/C12H12ClNO3S/c1-9-6-7-10(17-9)8-14-18(15,16)12-5-3-2-4-11(12)13/h2-7,14H,8H2,1H3. The van der Waals surface area contributed by atoms with Crippen molar-refractivity contribution in [1.29, 1.82) is 0 Å². The fourth-order valence-electron chi connectivity index (χ4n) is 1.49. The van der Waals surface area contributed by atoms with Crippen LogP contribution in [-0.4, -0.2) is 8.42 Å². The smallest absolute Gasteiger partial charge is 0.242 e. The molecule has 2 aromatic rings. The van der Waals surface area contributed by atoms with Gasteiger partial charge in [0, 0.05) is 0 Å². The molecule has 1 aromatic heterocycles. The van der Waals surface area contributed by atoms with E-state index < -0.39 is 10.0 Å². The Morgan fingerprint density at radius 2 is 1.94 bits per heavy atom. The van der Waals surface area contributed by atoms with Gasteiger partial charge in [-0.2, -0.15) is 0 Å². The normalized spacial score (nSPS) is 11.7. The molecule has 0 fully saturated rings. The van der Waals surface area contributed by atoms with Gasteiger partial charge in [-0.3, -0.25) is 0 Å². The number of hydrogen-bond donors (Lipinski definition) is 1. The molecule has 18 heavy (non-hydrogen) atoms. The van der Waals surface area contributed by atoms with E-state index in [1.807, 2.05) is 0 Å². The number of sulfonamides is 1. The molecule has 0 aliphatic heterocycles. The summed E-state index contributed by atoms with van der Waals surface area (Å²) < 4.78 is 31.7. The van der Waals surface area contributed by atoms with Crippen molar-refractivity contribution < 1.29 is 12.8 Å². The first-order valence-electron chi connectivity index (χ1n) is 5.28. The Kier molecular flexibility index (Phi) is 3.75. The van der Waals surface area contributed by atoms with Crippen LogP contribution in [0.4, 0.5) is 0 Å². The van der Waals surface area contributed by atoms with Crippen LogP contribution in [0.15, 0.2) is 45.7 Å². The van der Waals surface area contributed by atoms with Gasteiger partial charge in [0.05, 0.1) is 11.6 Å². The van der Waals surface area contributed by atoms with Gasteiger partial charge >= 0.3 is 0 Å². The molecule has 0 aliphatic rings. The highest BCUT2D eigenvalue weighted by molar-refractivity contribution is 7.89. The molecule has 0 saturated heterocycles. The number of nitrogens with one attached hydrogen (secondary N) is 1. The van der Waals surface area contributed by atoms with Crippen LogP contribution in [0.1, 0.15) is 11.5 Å². The minimum atomic E-state index is -3.62. The summed E-state index contributed by atoms with van der Waals surface area (Å²) in [7, 11) is -3.62. The van der Waals surface area contributed by atoms with Crippen molar-refractivity contribution in [1.82, 2.24) is 4.72 Å². The Balaban J connectivity index is 2.16. The maximum atomic E-state index is 12.0. The summed E-state index contributed by atoms with van der Waals surface area (Å²) >= 11 is 5.85. The summed E-state index contributed by atoms with van der Waals surface area (Å²) in [5, 5.41) is 0.195. The molecular weight excluding hydrogens is 274 g/mol. The van der Waals surface area contributed by atoms with Gasteiger partial charge in [-0.25, -0.2) is 13.1 Å². The SMILES string of the molecule is Cc1ccc(CNS(=O)(=O)c2ccccc2Cl)o1. The highest BCUT2D eigenvalue weighted by atomic mass is 35.5. The minimum Gasteiger partial charge on any atom is -0.465 e. The number of rotatable bonds is 4. The van der Waals surface area contributed by atoms with Gasteiger partial charge in [0.2, 0.25) is 10.0 Å². The van der Waals surface area contributed by atoms with Gasteiger partial charge in [-0.05, 0) is 31.2 Å². The molecule has 2 rings (SSSR count). The Hall–Kier alpha value is -1.30. The van der Waals surface area contributed by atoms with Crippen LogP contribution in [0, 0.1) is 6.92 Å². The summed E-state index contributed by atoms with van der Waals surface area (Å²) in [5.74, 6) is 1.30. The first-order valence-corrected chi connectivity index (χ1v) is 7.15. The maximum Gasteiger partial charge on any atom is 0.242 e. The second kappa shape index (κ2) is 5.14. The van der Waals surface area contributed by atoms with Crippen LogP contribution in [0.5, 0.6) is 0 Å². The van der Waals surface area contributed by atoms with Crippen molar-refractivity contribution >= 4 is 21.6 Å². The van der Waals surface area contributed by atoms with E-state index in [0.29, 0.717) is 5.76 Å². The molecule has 4 nitrogen and oxygen atoms in total. The number of hydrogen-bond acceptors (Lipinski definition) is 3. The van der Waals surface area contributed by atoms with Crippen molar-refractivity contribution in [2.75, 3.05) is 0 Å². The topological polar surface area (TPSA) is 59.3 Å². The van der Waals surface area contributed by atoms with E-state index in [1.54, 1.807) is 31.2 Å². The zero-order chi connectivity index (χ0) is 13.2. The monoisotopic (exact) mass is 285 g/mol. The third kappa shape index (κ3) is 2.93. The summed E-state index contributed by atoms with van der Waals surface area (Å²) in [6.45, 7) is 1.90. The number of halogens is 1. The third-order valence-corrected chi connectivity index (χ3v) is 4.26. The van der Waals surface area contributed by atoms with Crippen LogP contribution >= 0.6 is 11.6 Å². The average molecular weight is 286 g/mol. The average Bonchev–Trinajstić information content (AvgIpc) is 2.73. The lowest BCUT2D eigenvalue weighted by Gasteiger charge is -2.06. The second-order valence-corrected chi connectivity index (χ2v) is 5.91. The van der Waals surface area contributed by atoms with Gasteiger partial charge in [0.1, 0.15) is 16.4 Å². The molecule has 1 heterocycles. The highest BCUT2D eigenvalue weighted by Crippen LogP contribution is 2.20. The predicted octanol–water partition coefficient (Wildman–Crippen LogP) is 2.72. The zero-order valence-electron chi connectivity index (χ0n) is 9.68. The lowest BCUT2D eigenvalue weighted by Crippen LogP contribution is -2.23. The van der Waals surface area contributed by atoms with E-state index in [2.05, 4.69) is 4.72 Å². The fourth-order valence-corrected chi connectivity index (χ4v) is 3.00. The van der Waals surface area contributed by atoms with Crippen LogP contribution in [0.3, 0.4) is 0 Å². The molecule has 1 N–H and O–H groups in total. The van der Waals surface area contributed by atoms with Gasteiger partial charge in [-0.15, -0.1) is 0 Å². The van der Waals surface area contributed by atoms with Crippen molar-refractivity contribution in [3.05, 3.63) is 52.9 Å². The molecule has 0 unspecified atom stereocenters. The number of aryl methyl sites for hydroxylation is 1. The van der Waals surface area contributed by atoms with Crippen LogP contribution < -0.4 is 4.72 Å². The fraction of sp³-hybridized carbons (Fsp3) is 0.167. The van der Waals surface area contributed by atoms with E-state index in [1.165, 1.54) is 12.1 Å². The van der Waals surface area contributed by atoms with E-state index in [9.17, 15) is 8.42 Å². The van der Waals surface area contributed by atoms with Crippen LogP contribution in [0.25, 0.3) is 0 Å². The lowest BCUT2D eigenvalue weighted by molar-refractivity contribution is 0.475. The van der Waals surface area contributed by atoms with E-state index >= 15 is 0 Å². The van der Waals surface area contributed by atoms with Crippen LogP contribution in [0.2, 0.25) is 5.02 Å². The summed E-state index contributed by atoms with van der Waals surface area (Å²) in [6, 6.07) is 9.80. The quantitative estimate of drug-likeness (QED) is 0.939. The van der Waals surface area contributed by atoms with Crippen molar-refractivity contribution in [2.45, 2.75) is 18.4 Å². The molecule has 0 atom stereocenters. The summed E-state index contributed by atoms with van der Waals surface area (Å²) in [4.78, 5) is 0.0648. The van der Waals surface area contributed by atoms with Gasteiger partial charge in [0.25, 0.3) is 0 Å². The molecule has 0 radical (unpaired) electrons. The van der Waals surface area contributed by atoms with Gasteiger partial charge in [-0.1, -0.05) is 23.7 Å². The maximum absolute atomic E-state index is 12.0. The third-order valence-electron chi connectivity index (χ3n) is 2.36. The lowest BCUT2D eigenvalue weighted by atomic mass is 10.4. The molecule has 0 aliphatic carbocycles. The molecule has 0 amide bonds. The summed E-state index contributed by atoms with van der Waals surface area (Å²) in [6.07, 6.45) is 0. The van der Waals surface area contributed by atoms with Crippen molar-refractivity contribution in [3.8, 4) is 0 Å². The first kappa shape index (κ1) is 13.1. The molecular formula is C12H12ClNO3S. The molecule has 96 valence electrons. The minimum absolute atomic E-state index is 0.0648. The molecule has 1 aromatic carbocycles. The Morgan fingerprint density at radius 1 is 1.22 bits per heavy atom. The molecule has 0 bridgehead atoms. The van der Waals surface area contributed by atoms with Crippen molar-refractivity contribution in [2.24, 2.45) is 0 Å². The molecule has 6 heteroatoms. The number of furan rings is 1. The Labute approximate surface area is 111 Å². The number of benzene rings is 1. The first-order chi connectivity index (χ1) is 8.49. The zero-order valence-corrected chi connectivity index (χ0v) is 11.3. The van der Waals surface area contributed by atoms with Gasteiger partial charge < -0.3 is 4.42 Å². The van der Waals surface area contributed by atoms with Crippen molar-refractivity contribution in [3.63, 3.8) is 0 Å². The van der Waals surface area contributed by atoms with E-state index in [4.69, 9.17) is 16.0 Å². The van der Waals surface area contributed by atoms with Crippen LogP contribution in [-0.2, 0) is 16.6 Å². The predicted molar refractivity (Wildman–Crippen MR) is 68.9 cm³/mol. The van der Waals surface area contributed by atoms with E-state index in [0.717, 1.165) is 5.76 Å².